The highest BCUT2D eigenvalue weighted by molar-refractivity contribution is 6.06. The molecule has 0 amide bonds. The minimum absolute atomic E-state index is 0.387. The van der Waals surface area contributed by atoms with Gasteiger partial charge >= 0.3 is 0 Å². The quantitative estimate of drug-likeness (QED) is 0.170. The van der Waals surface area contributed by atoms with Crippen LogP contribution in [0.3, 0.4) is 0 Å². The van der Waals surface area contributed by atoms with Crippen LogP contribution in [0.5, 0.6) is 11.5 Å². The fraction of sp³-hybridized carbons (Fsp3) is 0.0333. The minimum atomic E-state index is -0.515. The Balaban J connectivity index is 0.973. The molecule has 0 bridgehead atoms. The Labute approximate surface area is 354 Å². The number of ether oxygens (including phenoxy) is 1. The normalized spacial score (nSPS) is 14.6. The fourth-order valence-electron chi connectivity index (χ4n) is 12.1. The largest absolute Gasteiger partial charge is 0.457 e. The highest BCUT2D eigenvalue weighted by Gasteiger charge is 2.52. The summed E-state index contributed by atoms with van der Waals surface area (Å²) in [5.74, 6) is 1.81. The molecule has 3 aliphatic carbocycles. The third-order valence-electron chi connectivity index (χ3n) is 14.4. The summed E-state index contributed by atoms with van der Waals surface area (Å²) in [5, 5.41) is 2.47. The fourth-order valence-corrected chi connectivity index (χ4v) is 12.1. The second-order valence-electron chi connectivity index (χ2n) is 17.0. The molecular weight excluding hydrogens is 737 g/mol. The van der Waals surface area contributed by atoms with Gasteiger partial charge in [-0.2, -0.15) is 0 Å². The van der Waals surface area contributed by atoms with Crippen LogP contribution in [-0.4, -0.2) is 0 Å². The number of fused-ring (bicyclic) bond motifs is 20. The summed E-state index contributed by atoms with van der Waals surface area (Å²) in [6, 6.07) is 81.4. The molecule has 10 aromatic carbocycles. The van der Waals surface area contributed by atoms with Crippen molar-refractivity contribution in [2.75, 3.05) is 0 Å². The van der Waals surface area contributed by atoms with Crippen molar-refractivity contribution in [2.24, 2.45) is 0 Å². The summed E-state index contributed by atoms with van der Waals surface area (Å²) in [4.78, 5) is 0. The molecule has 0 unspecified atom stereocenters. The SMILES string of the molecule is c1ccc2c(c1)Oc1ccc(-c3ccc(-c4ccc5c(c4)C4(c6ccccc6-c6ccccc64)c4ccccc4-5)c4ccccc34)cc1C21c2ccccc2-c2ccccc21. The van der Waals surface area contributed by atoms with E-state index >= 15 is 0 Å². The molecule has 0 N–H and O–H groups in total. The molecule has 1 heteroatoms. The van der Waals surface area contributed by atoms with Gasteiger partial charge in [0.15, 0.2) is 0 Å². The summed E-state index contributed by atoms with van der Waals surface area (Å²) in [7, 11) is 0. The third-order valence-corrected chi connectivity index (χ3v) is 14.4. The van der Waals surface area contributed by atoms with E-state index in [0.29, 0.717) is 0 Å². The van der Waals surface area contributed by atoms with Gasteiger partial charge in [0, 0.05) is 11.1 Å². The summed E-state index contributed by atoms with van der Waals surface area (Å²) < 4.78 is 6.79. The van der Waals surface area contributed by atoms with Crippen molar-refractivity contribution in [3.63, 3.8) is 0 Å². The molecule has 0 saturated carbocycles. The second kappa shape index (κ2) is 11.9. The topological polar surface area (TPSA) is 9.23 Å². The predicted octanol–water partition coefficient (Wildman–Crippen LogP) is 15.0. The molecule has 2 spiro atoms. The first-order chi connectivity index (χ1) is 30.3. The molecule has 282 valence electrons. The van der Waals surface area contributed by atoms with Crippen molar-refractivity contribution in [1.29, 1.82) is 0 Å². The van der Waals surface area contributed by atoms with Gasteiger partial charge in [-0.1, -0.05) is 194 Å². The predicted molar refractivity (Wildman–Crippen MR) is 248 cm³/mol. The molecule has 61 heavy (non-hydrogen) atoms. The van der Waals surface area contributed by atoms with Gasteiger partial charge in [-0.05, 0) is 124 Å². The Morgan fingerprint density at radius 2 is 0.557 bits per heavy atom. The average molecular weight is 773 g/mol. The Bertz CT molecular complexity index is 3420. The number of hydrogen-bond donors (Lipinski definition) is 0. The lowest BCUT2D eigenvalue weighted by molar-refractivity contribution is 0.436. The zero-order valence-corrected chi connectivity index (χ0v) is 33.2. The Kier molecular flexibility index (Phi) is 6.48. The smallest absolute Gasteiger partial charge is 0.132 e. The first-order valence-corrected chi connectivity index (χ1v) is 21.3. The van der Waals surface area contributed by atoms with Crippen molar-refractivity contribution in [3.05, 3.63) is 263 Å². The van der Waals surface area contributed by atoms with E-state index in [9.17, 15) is 0 Å². The molecule has 0 fully saturated rings. The van der Waals surface area contributed by atoms with E-state index in [4.69, 9.17) is 4.74 Å². The molecule has 0 radical (unpaired) electrons. The molecule has 4 aliphatic rings. The monoisotopic (exact) mass is 772 g/mol. The molecule has 10 aromatic rings. The van der Waals surface area contributed by atoms with E-state index in [1.54, 1.807) is 0 Å². The molecule has 1 heterocycles. The lowest BCUT2D eigenvalue weighted by atomic mass is 9.65. The maximum atomic E-state index is 6.79. The maximum Gasteiger partial charge on any atom is 0.132 e. The molecule has 0 saturated heterocycles. The van der Waals surface area contributed by atoms with Crippen LogP contribution in [-0.2, 0) is 10.8 Å². The first-order valence-electron chi connectivity index (χ1n) is 21.3. The maximum absolute atomic E-state index is 6.79. The molecule has 0 aromatic heterocycles. The number of benzene rings is 10. The van der Waals surface area contributed by atoms with E-state index in [-0.39, 0.29) is 5.41 Å². The van der Waals surface area contributed by atoms with Crippen LogP contribution in [0.15, 0.2) is 218 Å². The lowest BCUT2D eigenvalue weighted by Crippen LogP contribution is -2.32. The zero-order valence-electron chi connectivity index (χ0n) is 33.2. The summed E-state index contributed by atoms with van der Waals surface area (Å²) in [5.41, 5.74) is 22.2. The van der Waals surface area contributed by atoms with Crippen LogP contribution < -0.4 is 4.74 Å². The minimum Gasteiger partial charge on any atom is -0.457 e. The second-order valence-corrected chi connectivity index (χ2v) is 17.0. The van der Waals surface area contributed by atoms with Crippen LogP contribution in [0.1, 0.15) is 44.5 Å². The van der Waals surface area contributed by atoms with E-state index in [0.717, 1.165) is 11.5 Å². The van der Waals surface area contributed by atoms with Crippen LogP contribution in [0.25, 0.3) is 66.4 Å². The molecule has 0 atom stereocenters. The van der Waals surface area contributed by atoms with E-state index in [1.807, 2.05) is 0 Å². The standard InChI is InChI=1S/C60H36O/c1-2-16-42-40(38-30-34-58-56(36-38)60(54-27-13-14-28-57(54)61-58)52-25-11-5-19-45(52)46-20-6-12-26-53(46)60)33-32-39(41(42)15-1)37-29-31-48-47-21-7-10-24-51(47)59(55(48)35-37)49-22-8-3-17-43(49)44-18-4-9-23-50(44)59/h1-36H. The van der Waals surface area contributed by atoms with Gasteiger partial charge in [-0.3, -0.25) is 0 Å². The van der Waals surface area contributed by atoms with Gasteiger partial charge in [0.1, 0.15) is 11.5 Å². The van der Waals surface area contributed by atoms with Crippen LogP contribution in [0.2, 0.25) is 0 Å². The average Bonchev–Trinajstić information content (AvgIpc) is 3.91. The number of hydrogen-bond acceptors (Lipinski definition) is 1. The molecule has 1 nitrogen and oxygen atoms in total. The highest BCUT2D eigenvalue weighted by atomic mass is 16.5. The summed E-state index contributed by atoms with van der Waals surface area (Å²) >= 11 is 0. The molecule has 1 aliphatic heterocycles. The molecule has 14 rings (SSSR count). The van der Waals surface area contributed by atoms with Crippen LogP contribution in [0.4, 0.5) is 0 Å². The van der Waals surface area contributed by atoms with E-state index in [2.05, 4.69) is 218 Å². The van der Waals surface area contributed by atoms with Gasteiger partial charge in [0.2, 0.25) is 0 Å². The molecular formula is C60H36O. The van der Waals surface area contributed by atoms with Gasteiger partial charge in [0.25, 0.3) is 0 Å². The Morgan fingerprint density at radius 1 is 0.230 bits per heavy atom. The van der Waals surface area contributed by atoms with Crippen molar-refractivity contribution in [2.45, 2.75) is 10.8 Å². The van der Waals surface area contributed by atoms with Crippen molar-refractivity contribution in [1.82, 2.24) is 0 Å². The van der Waals surface area contributed by atoms with Gasteiger partial charge < -0.3 is 4.74 Å². The van der Waals surface area contributed by atoms with Crippen LogP contribution in [0, 0.1) is 0 Å². The van der Waals surface area contributed by atoms with E-state index < -0.39 is 5.41 Å². The van der Waals surface area contributed by atoms with E-state index in [1.165, 1.54) is 111 Å². The summed E-state index contributed by atoms with van der Waals surface area (Å²) in [6.45, 7) is 0. The number of rotatable bonds is 2. The Hall–Kier alpha value is -7.74. The third kappa shape index (κ3) is 4.06. The lowest BCUT2D eigenvalue weighted by Gasteiger charge is -2.39. The van der Waals surface area contributed by atoms with Gasteiger partial charge in [-0.15, -0.1) is 0 Å². The van der Waals surface area contributed by atoms with Crippen LogP contribution >= 0.6 is 0 Å². The van der Waals surface area contributed by atoms with Gasteiger partial charge in [-0.25, -0.2) is 0 Å². The first kappa shape index (κ1) is 33.1. The van der Waals surface area contributed by atoms with Crippen molar-refractivity contribution < 1.29 is 4.74 Å². The van der Waals surface area contributed by atoms with Crippen molar-refractivity contribution >= 4 is 10.8 Å². The highest BCUT2D eigenvalue weighted by Crippen LogP contribution is 2.64. The number of para-hydroxylation sites is 1. The Morgan fingerprint density at radius 3 is 1.05 bits per heavy atom. The summed E-state index contributed by atoms with van der Waals surface area (Å²) in [6.07, 6.45) is 0. The van der Waals surface area contributed by atoms with Crippen molar-refractivity contribution in [3.8, 4) is 67.1 Å². The zero-order chi connectivity index (χ0) is 39.9. The van der Waals surface area contributed by atoms with Gasteiger partial charge in [0.05, 0.1) is 10.8 Å².